The van der Waals surface area contributed by atoms with Gasteiger partial charge in [-0.1, -0.05) is 6.07 Å². The first-order valence-corrected chi connectivity index (χ1v) is 13.0. The number of nitrogens with zero attached hydrogens (tertiary/aromatic N) is 5. The molecule has 3 heterocycles. The van der Waals surface area contributed by atoms with Gasteiger partial charge in [-0.05, 0) is 81.7 Å². The summed E-state index contributed by atoms with van der Waals surface area (Å²) >= 11 is 5.55. The fraction of sp³-hybridized carbons (Fsp3) is 0.481. The second-order valence-corrected chi connectivity index (χ2v) is 10.6. The van der Waals surface area contributed by atoms with Crippen LogP contribution in [0.3, 0.4) is 0 Å². The van der Waals surface area contributed by atoms with Crippen molar-refractivity contribution in [1.29, 1.82) is 5.26 Å². The lowest BCUT2D eigenvalue weighted by Gasteiger charge is -2.30. The van der Waals surface area contributed by atoms with E-state index in [-0.39, 0.29) is 24.0 Å². The molecule has 2 aliphatic heterocycles. The second kappa shape index (κ2) is 11.5. The first-order chi connectivity index (χ1) is 18.5. The molecule has 1 amide bonds. The maximum atomic E-state index is 13.5. The number of hydrogen-bond donors (Lipinski definition) is 1. The molecule has 208 valence electrons. The molecule has 0 aliphatic carbocycles. The van der Waals surface area contributed by atoms with Crippen LogP contribution >= 0.6 is 12.2 Å². The molecule has 1 N–H and O–H groups in total. The highest BCUT2D eigenvalue weighted by atomic mass is 32.1. The molecular weight excluding hydrogens is 531 g/mol. The minimum Gasteiger partial charge on any atom is -0.476 e. The number of pyridine rings is 1. The van der Waals surface area contributed by atoms with Crippen molar-refractivity contribution in [2.24, 2.45) is 5.92 Å². The third-order valence-electron chi connectivity index (χ3n) is 7.27. The lowest BCUT2D eigenvalue weighted by molar-refractivity contribution is -0.137. The van der Waals surface area contributed by atoms with Gasteiger partial charge in [0.05, 0.1) is 22.9 Å². The highest BCUT2D eigenvalue weighted by molar-refractivity contribution is 7.80. The summed E-state index contributed by atoms with van der Waals surface area (Å²) in [6, 6.07) is 8.20. The standard InChI is InChI=1S/C27H30F3N5O3S/c1-26(2)24(37)35(21-5-4-20(14-31)22(13-21)27(28,29)30)25(39)34(26)16-19-3-6-23(32-15-19)38-12-11-33-9-7-18(17-36)8-10-33/h3-6,13,15,18,36H,7-12,16-17H2,1-2H3. The quantitative estimate of drug-likeness (QED) is 0.484. The first kappa shape index (κ1) is 28.7. The van der Waals surface area contributed by atoms with Gasteiger partial charge < -0.3 is 14.7 Å². The van der Waals surface area contributed by atoms with Crippen LogP contribution in [0.2, 0.25) is 0 Å². The van der Waals surface area contributed by atoms with Crippen molar-refractivity contribution in [3.8, 4) is 11.9 Å². The Hall–Kier alpha value is -3.27. The van der Waals surface area contributed by atoms with Gasteiger partial charge in [-0.2, -0.15) is 18.4 Å². The normalized spacial score (nSPS) is 18.5. The Balaban J connectivity index is 1.41. The minimum absolute atomic E-state index is 0.0469. The zero-order chi connectivity index (χ0) is 28.4. The summed E-state index contributed by atoms with van der Waals surface area (Å²) in [7, 11) is 0. The minimum atomic E-state index is -4.76. The monoisotopic (exact) mass is 561 g/mol. The fourth-order valence-corrected chi connectivity index (χ4v) is 5.26. The van der Waals surface area contributed by atoms with E-state index in [1.54, 1.807) is 37.1 Å². The first-order valence-electron chi connectivity index (χ1n) is 12.6. The van der Waals surface area contributed by atoms with Crippen LogP contribution in [0.25, 0.3) is 0 Å². The molecule has 4 rings (SSSR count). The van der Waals surface area contributed by atoms with Crippen LogP contribution in [0.4, 0.5) is 18.9 Å². The Morgan fingerprint density at radius 2 is 1.95 bits per heavy atom. The van der Waals surface area contributed by atoms with Gasteiger partial charge in [0, 0.05) is 32.0 Å². The van der Waals surface area contributed by atoms with E-state index in [9.17, 15) is 23.1 Å². The Morgan fingerprint density at radius 1 is 1.23 bits per heavy atom. The van der Waals surface area contributed by atoms with Crippen molar-refractivity contribution in [3.63, 3.8) is 0 Å². The number of piperidine rings is 1. The number of aromatic nitrogens is 1. The molecule has 0 saturated carbocycles. The molecule has 0 spiro atoms. The zero-order valence-corrected chi connectivity index (χ0v) is 22.6. The number of likely N-dealkylation sites (tertiary alicyclic amines) is 1. The molecular formula is C27H30F3N5O3S. The number of rotatable bonds is 8. The molecule has 1 aromatic heterocycles. The van der Waals surface area contributed by atoms with Crippen molar-refractivity contribution in [3.05, 3.63) is 53.2 Å². The van der Waals surface area contributed by atoms with Crippen LogP contribution in [0, 0.1) is 17.2 Å². The number of carbonyl (C=O) groups is 1. The maximum Gasteiger partial charge on any atom is 0.417 e. The molecule has 2 saturated heterocycles. The van der Waals surface area contributed by atoms with Crippen molar-refractivity contribution in [2.45, 2.75) is 44.9 Å². The lowest BCUT2D eigenvalue weighted by atomic mass is 9.98. The predicted octanol–water partition coefficient (Wildman–Crippen LogP) is 3.97. The lowest BCUT2D eigenvalue weighted by Crippen LogP contribution is -2.43. The van der Waals surface area contributed by atoms with Gasteiger partial charge in [-0.25, -0.2) is 4.98 Å². The number of nitriles is 1. The Labute approximate surface area is 230 Å². The average Bonchev–Trinajstić information content (AvgIpc) is 3.08. The van der Waals surface area contributed by atoms with Crippen molar-refractivity contribution < 1.29 is 27.8 Å². The molecule has 2 fully saturated rings. The number of benzene rings is 1. The molecule has 0 radical (unpaired) electrons. The second-order valence-electron chi connectivity index (χ2n) is 10.2. The number of alkyl halides is 3. The van der Waals surface area contributed by atoms with E-state index < -0.39 is 28.7 Å². The number of anilines is 1. The smallest absolute Gasteiger partial charge is 0.417 e. The van der Waals surface area contributed by atoms with Crippen LogP contribution < -0.4 is 9.64 Å². The Bertz CT molecular complexity index is 1250. The molecule has 0 atom stereocenters. The van der Waals surface area contributed by atoms with Crippen LogP contribution in [0.1, 0.15) is 43.4 Å². The number of ether oxygens (including phenoxy) is 1. The summed E-state index contributed by atoms with van der Waals surface area (Å²) in [5.74, 6) is 0.372. The van der Waals surface area contributed by atoms with Gasteiger partial charge in [-0.3, -0.25) is 14.6 Å². The molecule has 0 bridgehead atoms. The van der Waals surface area contributed by atoms with Crippen LogP contribution in [-0.4, -0.2) is 69.3 Å². The zero-order valence-electron chi connectivity index (χ0n) is 21.7. The summed E-state index contributed by atoms with van der Waals surface area (Å²) in [6.07, 6.45) is -1.18. The summed E-state index contributed by atoms with van der Waals surface area (Å²) in [6.45, 7) is 6.87. The van der Waals surface area contributed by atoms with Gasteiger partial charge in [0.2, 0.25) is 5.88 Å². The van der Waals surface area contributed by atoms with E-state index in [0.717, 1.165) is 55.1 Å². The van der Waals surface area contributed by atoms with Crippen molar-refractivity contribution in [1.82, 2.24) is 14.8 Å². The molecule has 0 unspecified atom stereocenters. The third kappa shape index (κ3) is 6.16. The van der Waals surface area contributed by atoms with Gasteiger partial charge in [-0.15, -0.1) is 0 Å². The highest BCUT2D eigenvalue weighted by Crippen LogP contribution is 2.38. The van der Waals surface area contributed by atoms with Crippen molar-refractivity contribution >= 4 is 28.9 Å². The van der Waals surface area contributed by atoms with E-state index in [0.29, 0.717) is 18.4 Å². The number of thiocarbonyl (C=S) groups is 1. The van der Waals surface area contributed by atoms with Gasteiger partial charge in [0.1, 0.15) is 12.1 Å². The summed E-state index contributed by atoms with van der Waals surface area (Å²) in [5, 5.41) is 18.4. The molecule has 39 heavy (non-hydrogen) atoms. The van der Waals surface area contributed by atoms with E-state index >= 15 is 0 Å². The molecule has 2 aliphatic rings. The van der Waals surface area contributed by atoms with Crippen LogP contribution in [0.5, 0.6) is 5.88 Å². The van der Waals surface area contributed by atoms with Crippen LogP contribution in [0.15, 0.2) is 36.5 Å². The Morgan fingerprint density at radius 3 is 2.54 bits per heavy atom. The Kier molecular flexibility index (Phi) is 8.44. The largest absolute Gasteiger partial charge is 0.476 e. The summed E-state index contributed by atoms with van der Waals surface area (Å²) < 4.78 is 46.3. The van der Waals surface area contributed by atoms with Gasteiger partial charge >= 0.3 is 6.18 Å². The van der Waals surface area contributed by atoms with E-state index in [1.807, 2.05) is 6.07 Å². The molecule has 1 aromatic carbocycles. The van der Waals surface area contributed by atoms with Crippen molar-refractivity contribution in [2.75, 3.05) is 37.7 Å². The SMILES string of the molecule is CC1(C)C(=O)N(c2ccc(C#N)c(C(F)(F)F)c2)C(=S)N1Cc1ccc(OCCN2CCC(CO)CC2)nc1. The average molecular weight is 562 g/mol. The summed E-state index contributed by atoms with van der Waals surface area (Å²) in [4.78, 5) is 22.7. The van der Waals surface area contributed by atoms with E-state index in [4.69, 9.17) is 22.2 Å². The molecule has 8 nitrogen and oxygen atoms in total. The van der Waals surface area contributed by atoms with E-state index in [1.165, 1.54) is 6.07 Å². The molecule has 12 heteroatoms. The van der Waals surface area contributed by atoms with Crippen LogP contribution in [-0.2, 0) is 17.5 Å². The number of halogens is 3. The van der Waals surface area contributed by atoms with E-state index in [2.05, 4.69) is 9.88 Å². The fourth-order valence-electron chi connectivity index (χ4n) is 4.78. The topological polar surface area (TPSA) is 92.9 Å². The van der Waals surface area contributed by atoms with Gasteiger partial charge in [0.25, 0.3) is 5.91 Å². The molecule has 2 aromatic rings. The maximum absolute atomic E-state index is 13.5. The number of hydrogen-bond acceptors (Lipinski definition) is 7. The number of amides is 1. The number of aliphatic hydroxyl groups is 1. The summed E-state index contributed by atoms with van der Waals surface area (Å²) in [5.41, 5.74) is -2.07. The number of aliphatic hydroxyl groups excluding tert-OH is 1. The predicted molar refractivity (Wildman–Crippen MR) is 142 cm³/mol. The third-order valence-corrected chi connectivity index (χ3v) is 7.67. The highest BCUT2D eigenvalue weighted by Gasteiger charge is 2.50. The number of carbonyl (C=O) groups excluding carboxylic acids is 1. The van der Waals surface area contributed by atoms with Gasteiger partial charge in [0.15, 0.2) is 5.11 Å².